The molecule has 0 radical (unpaired) electrons. The van der Waals surface area contributed by atoms with Crippen molar-refractivity contribution < 1.29 is 9.90 Å². The van der Waals surface area contributed by atoms with Crippen LogP contribution in [-0.2, 0) is 4.79 Å². The molecule has 0 heterocycles. The molecule has 1 rings (SSSR count). The van der Waals surface area contributed by atoms with Crippen molar-refractivity contribution in [3.63, 3.8) is 0 Å². The summed E-state index contributed by atoms with van der Waals surface area (Å²) in [5, 5.41) is 12.8. The highest BCUT2D eigenvalue weighted by Crippen LogP contribution is 2.31. The van der Waals surface area contributed by atoms with E-state index in [2.05, 4.69) is 12.2 Å². The number of aliphatic hydroxyl groups excluding tert-OH is 1. The van der Waals surface area contributed by atoms with Crippen LogP contribution in [0.4, 0.5) is 0 Å². The molecule has 0 aromatic carbocycles. The van der Waals surface area contributed by atoms with Crippen molar-refractivity contribution in [2.24, 2.45) is 5.92 Å². The molecule has 4 heteroatoms. The van der Waals surface area contributed by atoms with Crippen molar-refractivity contribution in [2.75, 3.05) is 27.2 Å². The van der Waals surface area contributed by atoms with Crippen LogP contribution in [0.1, 0.15) is 32.6 Å². The Morgan fingerprint density at radius 1 is 1.56 bits per heavy atom. The van der Waals surface area contributed by atoms with Gasteiger partial charge in [0.15, 0.2) is 0 Å². The third-order valence-electron chi connectivity index (χ3n) is 3.51. The third-order valence-corrected chi connectivity index (χ3v) is 3.51. The molecule has 0 aromatic heterocycles. The average molecular weight is 228 g/mol. The van der Waals surface area contributed by atoms with Gasteiger partial charge in [-0.25, -0.2) is 0 Å². The van der Waals surface area contributed by atoms with Crippen molar-refractivity contribution in [3.8, 4) is 0 Å². The number of amides is 1. The van der Waals surface area contributed by atoms with Gasteiger partial charge in [-0.3, -0.25) is 4.79 Å². The molecule has 16 heavy (non-hydrogen) atoms. The summed E-state index contributed by atoms with van der Waals surface area (Å²) >= 11 is 0. The third kappa shape index (κ3) is 3.46. The van der Waals surface area contributed by atoms with Gasteiger partial charge in [-0.2, -0.15) is 0 Å². The van der Waals surface area contributed by atoms with Crippen molar-refractivity contribution in [1.82, 2.24) is 10.2 Å². The van der Waals surface area contributed by atoms with Gasteiger partial charge in [-0.05, 0) is 18.8 Å². The number of hydrogen-bond donors (Lipinski definition) is 2. The predicted octanol–water partition coefficient (Wildman–Crippen LogP) is 0.605. The molecule has 1 saturated carbocycles. The van der Waals surface area contributed by atoms with Crippen LogP contribution in [0, 0.1) is 5.92 Å². The first kappa shape index (κ1) is 13.5. The summed E-state index contributed by atoms with van der Waals surface area (Å²) in [7, 11) is 3.50. The lowest BCUT2D eigenvalue weighted by Gasteiger charge is -2.39. The Bertz CT molecular complexity index is 243. The second-order valence-corrected chi connectivity index (χ2v) is 5.28. The van der Waals surface area contributed by atoms with Gasteiger partial charge >= 0.3 is 0 Å². The summed E-state index contributed by atoms with van der Waals surface area (Å²) in [6.07, 6.45) is 4.29. The minimum absolute atomic E-state index is 0.0612. The van der Waals surface area contributed by atoms with E-state index in [4.69, 9.17) is 0 Å². The van der Waals surface area contributed by atoms with Crippen molar-refractivity contribution in [3.05, 3.63) is 0 Å². The van der Waals surface area contributed by atoms with Crippen LogP contribution in [0.3, 0.4) is 0 Å². The molecule has 0 aliphatic heterocycles. The number of rotatable bonds is 4. The van der Waals surface area contributed by atoms with E-state index in [0.29, 0.717) is 12.5 Å². The molecule has 1 amide bonds. The molecule has 0 aromatic rings. The van der Waals surface area contributed by atoms with E-state index in [-0.39, 0.29) is 18.1 Å². The summed E-state index contributed by atoms with van der Waals surface area (Å²) in [5.41, 5.74) is -0.233. The Morgan fingerprint density at radius 2 is 2.25 bits per heavy atom. The molecular weight excluding hydrogens is 204 g/mol. The second kappa shape index (κ2) is 5.64. The van der Waals surface area contributed by atoms with Crippen LogP contribution in [-0.4, -0.2) is 48.7 Å². The number of hydrogen-bond acceptors (Lipinski definition) is 3. The monoisotopic (exact) mass is 228 g/mol. The smallest absolute Gasteiger partial charge is 0.236 e. The van der Waals surface area contributed by atoms with Crippen LogP contribution in [0.5, 0.6) is 0 Å². The van der Waals surface area contributed by atoms with Crippen LogP contribution >= 0.6 is 0 Å². The first-order valence-corrected chi connectivity index (χ1v) is 6.05. The molecule has 2 N–H and O–H groups in total. The van der Waals surface area contributed by atoms with Crippen LogP contribution in [0.25, 0.3) is 0 Å². The lowest BCUT2D eigenvalue weighted by Crippen LogP contribution is -2.54. The highest BCUT2D eigenvalue weighted by atomic mass is 16.3. The highest BCUT2D eigenvalue weighted by molar-refractivity contribution is 5.77. The van der Waals surface area contributed by atoms with Gasteiger partial charge in [-0.1, -0.05) is 19.8 Å². The summed E-state index contributed by atoms with van der Waals surface area (Å²) < 4.78 is 0. The van der Waals surface area contributed by atoms with E-state index in [9.17, 15) is 9.90 Å². The zero-order valence-electron chi connectivity index (χ0n) is 10.6. The normalized spacial score (nSPS) is 30.1. The van der Waals surface area contributed by atoms with E-state index in [0.717, 1.165) is 19.3 Å². The largest absolute Gasteiger partial charge is 0.394 e. The molecule has 0 bridgehead atoms. The molecule has 0 spiro atoms. The zero-order valence-corrected chi connectivity index (χ0v) is 10.6. The maximum atomic E-state index is 11.5. The van der Waals surface area contributed by atoms with Gasteiger partial charge in [0.05, 0.1) is 13.2 Å². The first-order chi connectivity index (χ1) is 7.49. The molecule has 94 valence electrons. The molecule has 4 nitrogen and oxygen atoms in total. The highest BCUT2D eigenvalue weighted by Gasteiger charge is 2.34. The Kier molecular flexibility index (Phi) is 4.74. The van der Waals surface area contributed by atoms with Crippen LogP contribution in [0.2, 0.25) is 0 Å². The van der Waals surface area contributed by atoms with Crippen LogP contribution < -0.4 is 5.32 Å². The molecule has 1 aliphatic rings. The maximum Gasteiger partial charge on any atom is 0.236 e. The van der Waals surface area contributed by atoms with Gasteiger partial charge in [0.25, 0.3) is 0 Å². The Balaban J connectivity index is 2.50. The van der Waals surface area contributed by atoms with Crippen molar-refractivity contribution in [2.45, 2.75) is 38.1 Å². The number of likely N-dealkylation sites (N-methyl/N-ethyl adjacent to an activating group) is 1. The summed E-state index contributed by atoms with van der Waals surface area (Å²) in [6, 6.07) is 0. The fraction of sp³-hybridized carbons (Fsp3) is 0.917. The predicted molar refractivity (Wildman–Crippen MR) is 64.1 cm³/mol. The van der Waals surface area contributed by atoms with E-state index in [1.54, 1.807) is 19.0 Å². The molecular formula is C12H24N2O2. The zero-order chi connectivity index (χ0) is 12.2. The summed E-state index contributed by atoms with van der Waals surface area (Å²) in [6.45, 7) is 2.65. The first-order valence-electron chi connectivity index (χ1n) is 6.05. The lowest BCUT2D eigenvalue weighted by molar-refractivity contribution is -0.128. The fourth-order valence-corrected chi connectivity index (χ4v) is 2.44. The van der Waals surface area contributed by atoms with E-state index < -0.39 is 0 Å². The standard InChI is InChI=1S/C12H24N2O2/c1-10-5-4-6-12(7-10,9-15)13-8-11(16)14(2)3/h10,13,15H,4-9H2,1-3H3. The van der Waals surface area contributed by atoms with Gasteiger partial charge in [0.2, 0.25) is 5.91 Å². The Hall–Kier alpha value is -0.610. The number of carbonyl (C=O) groups excluding carboxylic acids is 1. The van der Waals surface area contributed by atoms with E-state index in [1.807, 2.05) is 0 Å². The van der Waals surface area contributed by atoms with E-state index in [1.165, 1.54) is 6.42 Å². The van der Waals surface area contributed by atoms with Gasteiger partial charge < -0.3 is 15.3 Å². The van der Waals surface area contributed by atoms with Gasteiger partial charge in [0, 0.05) is 19.6 Å². The minimum Gasteiger partial charge on any atom is -0.394 e. The van der Waals surface area contributed by atoms with Crippen molar-refractivity contribution in [1.29, 1.82) is 0 Å². The molecule has 2 atom stereocenters. The Morgan fingerprint density at radius 3 is 2.75 bits per heavy atom. The number of aliphatic hydroxyl groups is 1. The molecule has 2 unspecified atom stereocenters. The Labute approximate surface area is 98.0 Å². The number of nitrogens with zero attached hydrogens (tertiary/aromatic N) is 1. The quantitative estimate of drug-likeness (QED) is 0.741. The van der Waals surface area contributed by atoms with Crippen LogP contribution in [0.15, 0.2) is 0 Å². The second-order valence-electron chi connectivity index (χ2n) is 5.28. The average Bonchev–Trinajstić information content (AvgIpc) is 2.26. The fourth-order valence-electron chi connectivity index (χ4n) is 2.44. The lowest BCUT2D eigenvalue weighted by atomic mass is 9.77. The molecule has 0 saturated heterocycles. The van der Waals surface area contributed by atoms with Crippen molar-refractivity contribution >= 4 is 5.91 Å². The van der Waals surface area contributed by atoms with E-state index >= 15 is 0 Å². The molecule has 1 fully saturated rings. The van der Waals surface area contributed by atoms with Gasteiger partial charge in [-0.15, -0.1) is 0 Å². The topological polar surface area (TPSA) is 52.6 Å². The SMILES string of the molecule is CC1CCCC(CO)(NCC(=O)N(C)C)C1. The van der Waals surface area contributed by atoms with Gasteiger partial charge in [0.1, 0.15) is 0 Å². The minimum atomic E-state index is -0.233. The number of carbonyl (C=O) groups is 1. The summed E-state index contributed by atoms with van der Waals surface area (Å²) in [4.78, 5) is 13.1. The molecule has 1 aliphatic carbocycles. The maximum absolute atomic E-state index is 11.5. The number of nitrogens with one attached hydrogen (secondary N) is 1. The summed E-state index contributed by atoms with van der Waals surface area (Å²) in [5.74, 6) is 0.689.